The fraction of sp³-hybridized carbons (Fsp3) is 0.297. The Labute approximate surface area is 245 Å². The van der Waals surface area contributed by atoms with E-state index in [9.17, 15) is 5.26 Å². The number of para-hydroxylation sites is 2. The molecule has 0 saturated heterocycles. The lowest BCUT2D eigenvalue weighted by Crippen LogP contribution is -2.31. The molecule has 0 amide bonds. The number of rotatable bonds is 7. The van der Waals surface area contributed by atoms with Crippen molar-refractivity contribution in [3.63, 3.8) is 0 Å². The Morgan fingerprint density at radius 3 is 2.12 bits per heavy atom. The summed E-state index contributed by atoms with van der Waals surface area (Å²) in [5.74, 6) is 0.420. The largest absolute Gasteiger partial charge is 0.372 e. The highest BCUT2D eigenvalue weighted by Crippen LogP contribution is 2.51. The highest BCUT2D eigenvalue weighted by Gasteiger charge is 2.38. The van der Waals surface area contributed by atoms with Gasteiger partial charge in [-0.2, -0.15) is 0 Å². The van der Waals surface area contributed by atoms with Gasteiger partial charge in [-0.15, -0.1) is 0 Å². The predicted octanol–water partition coefficient (Wildman–Crippen LogP) is 9.85. The molecule has 4 heteroatoms. The van der Waals surface area contributed by atoms with Gasteiger partial charge in [0.1, 0.15) is 0 Å². The summed E-state index contributed by atoms with van der Waals surface area (Å²) < 4.78 is 0. The minimum Gasteiger partial charge on any atom is -0.372 e. The average molecular weight is 539 g/mol. The third kappa shape index (κ3) is 5.57. The van der Waals surface area contributed by atoms with Gasteiger partial charge >= 0.3 is 0 Å². The number of nitriles is 1. The molecule has 1 atom stereocenters. The summed E-state index contributed by atoms with van der Waals surface area (Å²) in [6.45, 7) is 18.3. The van der Waals surface area contributed by atoms with Crippen LogP contribution in [0.5, 0.6) is 0 Å². The van der Waals surface area contributed by atoms with Crippen LogP contribution in [-0.2, 0) is 0 Å². The van der Waals surface area contributed by atoms with E-state index in [1.165, 1.54) is 22.4 Å². The van der Waals surface area contributed by atoms with E-state index in [-0.39, 0.29) is 11.1 Å². The minimum atomic E-state index is 0.00562. The summed E-state index contributed by atoms with van der Waals surface area (Å²) >= 11 is 0. The molecular weight excluding hydrogens is 500 g/mol. The van der Waals surface area contributed by atoms with Gasteiger partial charge in [-0.3, -0.25) is 0 Å². The summed E-state index contributed by atoms with van der Waals surface area (Å²) in [5.41, 5.74) is 9.54. The van der Waals surface area contributed by atoms with Crippen LogP contribution in [-0.4, -0.2) is 13.1 Å². The molecule has 2 aliphatic rings. The summed E-state index contributed by atoms with van der Waals surface area (Å²) in [7, 11) is 0. The van der Waals surface area contributed by atoms with Gasteiger partial charge in [0.25, 0.3) is 5.70 Å². The Hall–Kier alpha value is -4.54. The summed E-state index contributed by atoms with van der Waals surface area (Å²) in [4.78, 5) is 8.30. The van der Waals surface area contributed by atoms with E-state index in [0.29, 0.717) is 5.92 Å². The standard InChI is InChI=1S/C37H38N4/c1-6-40(7-2)36-24-32(41(30-14-10-8-11-15-30)31-16-12-9-13-17-31)19-20-33(36)27-18-21-34-28(22-27)23-29(25-37(34,3)4)35(26-38)39-5/h8-17,19-20,22-24,34H,6-7,18,21,25H2,1-4H3. The molecule has 0 saturated carbocycles. The molecule has 0 fully saturated rings. The Kier molecular flexibility index (Phi) is 8.14. The zero-order chi connectivity index (χ0) is 29.0. The van der Waals surface area contributed by atoms with E-state index in [1.54, 1.807) is 0 Å². The number of anilines is 4. The molecule has 3 aromatic rings. The molecule has 0 bridgehead atoms. The topological polar surface area (TPSA) is 34.6 Å². The SMILES string of the molecule is [C-]#[N+]C(C#N)=C1C=C2C=C(c3ccc(N(c4ccccc4)c4ccccc4)cc3N(CC)CC)CCC2C(C)(C)C1. The summed E-state index contributed by atoms with van der Waals surface area (Å²) in [5, 5.41) is 9.59. The Balaban J connectivity index is 1.65. The van der Waals surface area contributed by atoms with Gasteiger partial charge in [0.15, 0.2) is 0 Å². The number of hydrogen-bond donors (Lipinski definition) is 0. The fourth-order valence-electron chi connectivity index (χ4n) is 6.58. The lowest BCUT2D eigenvalue weighted by atomic mass is 9.62. The number of hydrogen-bond acceptors (Lipinski definition) is 3. The van der Waals surface area contributed by atoms with Crippen molar-refractivity contribution < 1.29 is 0 Å². The maximum absolute atomic E-state index is 9.59. The predicted molar refractivity (Wildman–Crippen MR) is 171 cm³/mol. The minimum absolute atomic E-state index is 0.00562. The summed E-state index contributed by atoms with van der Waals surface area (Å²) in [6, 6.07) is 30.1. The van der Waals surface area contributed by atoms with Crippen LogP contribution in [0.3, 0.4) is 0 Å². The van der Waals surface area contributed by atoms with Gasteiger partial charge in [-0.25, -0.2) is 10.1 Å². The Bertz CT molecular complexity index is 1520. The van der Waals surface area contributed by atoms with Crippen LogP contribution in [0.2, 0.25) is 0 Å². The first kappa shape index (κ1) is 28.0. The van der Waals surface area contributed by atoms with Crippen LogP contribution >= 0.6 is 0 Å². The fourth-order valence-corrected chi connectivity index (χ4v) is 6.58. The van der Waals surface area contributed by atoms with Crippen LogP contribution < -0.4 is 9.80 Å². The highest BCUT2D eigenvalue weighted by atomic mass is 15.2. The lowest BCUT2D eigenvalue weighted by Gasteiger charge is -2.42. The Morgan fingerprint density at radius 1 is 0.927 bits per heavy atom. The van der Waals surface area contributed by atoms with Crippen LogP contribution in [0, 0.1) is 29.2 Å². The number of allylic oxidation sites excluding steroid dienone is 6. The van der Waals surface area contributed by atoms with Crippen LogP contribution in [0.4, 0.5) is 22.7 Å². The number of benzene rings is 3. The van der Waals surface area contributed by atoms with Gasteiger partial charge in [0.2, 0.25) is 0 Å². The molecule has 0 N–H and O–H groups in total. The van der Waals surface area contributed by atoms with Crippen LogP contribution in [0.15, 0.2) is 108 Å². The number of nitrogens with zero attached hydrogens (tertiary/aromatic N) is 4. The zero-order valence-electron chi connectivity index (χ0n) is 24.6. The van der Waals surface area contributed by atoms with Crippen molar-refractivity contribution >= 4 is 28.3 Å². The van der Waals surface area contributed by atoms with Crippen molar-refractivity contribution in [2.24, 2.45) is 11.3 Å². The highest BCUT2D eigenvalue weighted by molar-refractivity contribution is 5.85. The van der Waals surface area contributed by atoms with E-state index < -0.39 is 0 Å². The second kappa shape index (κ2) is 11.9. The van der Waals surface area contributed by atoms with E-state index in [1.807, 2.05) is 0 Å². The molecule has 2 aliphatic carbocycles. The Morgan fingerprint density at radius 2 is 1.56 bits per heavy atom. The second-order valence-electron chi connectivity index (χ2n) is 11.5. The zero-order valence-corrected chi connectivity index (χ0v) is 24.6. The molecule has 0 spiro atoms. The van der Waals surface area contributed by atoms with Crippen molar-refractivity contribution in [2.75, 3.05) is 22.9 Å². The quantitative estimate of drug-likeness (QED) is 0.222. The molecule has 41 heavy (non-hydrogen) atoms. The number of fused-ring (bicyclic) bond motifs is 1. The van der Waals surface area contributed by atoms with Crippen molar-refractivity contribution in [3.8, 4) is 6.07 Å². The smallest absolute Gasteiger partial charge is 0.265 e. The van der Waals surface area contributed by atoms with E-state index in [2.05, 4.69) is 139 Å². The first-order chi connectivity index (χ1) is 19.9. The van der Waals surface area contributed by atoms with E-state index >= 15 is 0 Å². The third-order valence-electron chi connectivity index (χ3n) is 8.62. The first-order valence-corrected chi connectivity index (χ1v) is 14.6. The van der Waals surface area contributed by atoms with Crippen LogP contribution in [0.1, 0.15) is 52.5 Å². The van der Waals surface area contributed by atoms with Crippen molar-refractivity contribution in [1.29, 1.82) is 5.26 Å². The molecule has 0 aromatic heterocycles. The second-order valence-corrected chi connectivity index (χ2v) is 11.5. The maximum Gasteiger partial charge on any atom is 0.265 e. The van der Waals surface area contributed by atoms with Gasteiger partial charge in [-0.05, 0) is 97.6 Å². The van der Waals surface area contributed by atoms with Crippen molar-refractivity contribution in [3.05, 3.63) is 125 Å². The molecular formula is C37H38N4. The molecule has 0 radical (unpaired) electrons. The van der Waals surface area contributed by atoms with E-state index in [0.717, 1.165) is 55.0 Å². The van der Waals surface area contributed by atoms with Crippen LogP contribution in [0.25, 0.3) is 10.4 Å². The van der Waals surface area contributed by atoms with Gasteiger partial charge in [0, 0.05) is 41.4 Å². The maximum atomic E-state index is 9.59. The van der Waals surface area contributed by atoms with Crippen molar-refractivity contribution in [1.82, 2.24) is 0 Å². The molecule has 1 unspecified atom stereocenters. The molecule has 5 rings (SSSR count). The lowest BCUT2D eigenvalue weighted by molar-refractivity contribution is 0.227. The summed E-state index contributed by atoms with van der Waals surface area (Å²) in [6.07, 6.45) is 7.32. The van der Waals surface area contributed by atoms with Gasteiger partial charge in [-0.1, -0.05) is 68.5 Å². The molecule has 0 heterocycles. The van der Waals surface area contributed by atoms with Gasteiger partial charge < -0.3 is 9.80 Å². The molecule has 3 aromatic carbocycles. The normalized spacial score (nSPS) is 18.6. The third-order valence-corrected chi connectivity index (χ3v) is 8.62. The first-order valence-electron chi connectivity index (χ1n) is 14.6. The molecule has 0 aliphatic heterocycles. The van der Waals surface area contributed by atoms with Crippen molar-refractivity contribution in [2.45, 2.75) is 47.0 Å². The monoisotopic (exact) mass is 538 g/mol. The van der Waals surface area contributed by atoms with E-state index in [4.69, 9.17) is 6.57 Å². The average Bonchev–Trinajstić information content (AvgIpc) is 2.99. The molecule has 4 nitrogen and oxygen atoms in total. The van der Waals surface area contributed by atoms with Gasteiger partial charge in [0.05, 0.1) is 12.6 Å². The molecule has 206 valence electrons.